The Hall–Kier alpha value is -1.63. The number of amides is 1. The molecule has 7 heteroatoms. The van der Waals surface area contributed by atoms with Crippen LogP contribution in [0.25, 0.3) is 0 Å². The van der Waals surface area contributed by atoms with Crippen molar-refractivity contribution in [3.8, 4) is 0 Å². The van der Waals surface area contributed by atoms with Crippen molar-refractivity contribution in [2.24, 2.45) is 11.7 Å². The Bertz CT molecular complexity index is 432. The summed E-state index contributed by atoms with van der Waals surface area (Å²) in [6.07, 6.45) is 1.75. The average Bonchev–Trinajstić information content (AvgIpc) is 2.85. The largest absolute Gasteiger partial charge is 0.407 e. The minimum Gasteiger partial charge on any atom is -0.407 e. The molecule has 106 valence electrons. The Morgan fingerprint density at radius 1 is 1.58 bits per heavy atom. The van der Waals surface area contributed by atoms with Crippen molar-refractivity contribution in [2.45, 2.75) is 39.3 Å². The van der Waals surface area contributed by atoms with Crippen molar-refractivity contribution in [3.63, 3.8) is 0 Å². The maximum Gasteiger partial charge on any atom is 0.318 e. The van der Waals surface area contributed by atoms with Gasteiger partial charge in [-0.15, -0.1) is 5.10 Å². The van der Waals surface area contributed by atoms with Gasteiger partial charge in [0.05, 0.1) is 12.5 Å². The van der Waals surface area contributed by atoms with Crippen LogP contribution in [-0.2, 0) is 11.3 Å². The van der Waals surface area contributed by atoms with E-state index in [-0.39, 0.29) is 11.8 Å². The number of nitrogens with two attached hydrogens (primary N) is 1. The zero-order valence-corrected chi connectivity index (χ0v) is 11.4. The molecular weight excluding hydrogens is 246 g/mol. The zero-order chi connectivity index (χ0) is 13.8. The van der Waals surface area contributed by atoms with E-state index in [1.807, 2.05) is 4.90 Å². The summed E-state index contributed by atoms with van der Waals surface area (Å²) in [5.74, 6) is 0.175. The molecule has 7 nitrogen and oxygen atoms in total. The highest BCUT2D eigenvalue weighted by Gasteiger charge is 2.26. The van der Waals surface area contributed by atoms with Gasteiger partial charge in [0.15, 0.2) is 0 Å². The molecule has 1 aliphatic heterocycles. The number of rotatable bonds is 5. The van der Waals surface area contributed by atoms with Crippen molar-refractivity contribution < 1.29 is 9.21 Å². The highest BCUT2D eigenvalue weighted by molar-refractivity contribution is 5.77. The van der Waals surface area contributed by atoms with Gasteiger partial charge in [-0.2, -0.15) is 0 Å². The molecule has 1 amide bonds. The molecule has 1 atom stereocenters. The van der Waals surface area contributed by atoms with Crippen molar-refractivity contribution in [3.05, 3.63) is 5.89 Å². The van der Waals surface area contributed by atoms with Gasteiger partial charge in [0.1, 0.15) is 0 Å². The van der Waals surface area contributed by atoms with Crippen molar-refractivity contribution in [2.75, 3.05) is 18.0 Å². The monoisotopic (exact) mass is 267 g/mol. The van der Waals surface area contributed by atoms with E-state index >= 15 is 0 Å². The number of hydrogen-bond acceptors (Lipinski definition) is 6. The van der Waals surface area contributed by atoms with E-state index < -0.39 is 0 Å². The van der Waals surface area contributed by atoms with Crippen LogP contribution in [0.5, 0.6) is 0 Å². The maximum atomic E-state index is 11.2. The summed E-state index contributed by atoms with van der Waals surface area (Å²) in [4.78, 5) is 13.2. The molecule has 3 N–H and O–H groups in total. The zero-order valence-electron chi connectivity index (χ0n) is 11.4. The molecule has 0 saturated carbocycles. The molecule has 1 fully saturated rings. The smallest absolute Gasteiger partial charge is 0.318 e. The maximum absolute atomic E-state index is 11.2. The quantitative estimate of drug-likeness (QED) is 0.794. The normalized spacial score (nSPS) is 19.9. The van der Waals surface area contributed by atoms with Gasteiger partial charge in [0.2, 0.25) is 11.8 Å². The predicted octanol–water partition coefficient (Wildman–Crippen LogP) is 0.269. The lowest BCUT2D eigenvalue weighted by molar-refractivity contribution is -0.122. The standard InChI is InChI=1S/C12H21N5O2/c1-8(2)14-6-10-15-16-12(19-10)17-5-3-4-9(7-17)11(13)18/h8-9,14H,3-7H2,1-2H3,(H2,13,18). The third-order valence-electron chi connectivity index (χ3n) is 3.21. The molecule has 1 saturated heterocycles. The van der Waals surface area contributed by atoms with Gasteiger partial charge in [-0.3, -0.25) is 4.79 Å². The van der Waals surface area contributed by atoms with E-state index in [2.05, 4.69) is 29.4 Å². The fraction of sp³-hybridized carbons (Fsp3) is 0.750. The van der Waals surface area contributed by atoms with Crippen LogP contribution in [0.2, 0.25) is 0 Å². The number of aromatic nitrogens is 2. The second-order valence-electron chi connectivity index (χ2n) is 5.20. The minimum absolute atomic E-state index is 0.127. The van der Waals surface area contributed by atoms with E-state index in [0.29, 0.717) is 31.0 Å². The number of hydrogen-bond donors (Lipinski definition) is 2. The summed E-state index contributed by atoms with van der Waals surface area (Å²) in [7, 11) is 0. The van der Waals surface area contributed by atoms with Gasteiger partial charge >= 0.3 is 6.01 Å². The number of nitrogens with zero attached hydrogens (tertiary/aromatic N) is 3. The van der Waals surface area contributed by atoms with Crippen LogP contribution < -0.4 is 16.0 Å². The van der Waals surface area contributed by atoms with Crippen LogP contribution in [0.15, 0.2) is 4.42 Å². The van der Waals surface area contributed by atoms with Crippen molar-refractivity contribution in [1.29, 1.82) is 0 Å². The molecule has 2 rings (SSSR count). The first-order valence-corrected chi connectivity index (χ1v) is 6.66. The van der Waals surface area contributed by atoms with Gasteiger partial charge < -0.3 is 20.4 Å². The molecule has 1 aliphatic rings. The van der Waals surface area contributed by atoms with Crippen LogP contribution in [0.1, 0.15) is 32.6 Å². The Morgan fingerprint density at radius 2 is 2.37 bits per heavy atom. The molecule has 2 heterocycles. The number of primary amides is 1. The molecule has 0 bridgehead atoms. The number of carbonyl (C=O) groups excluding carboxylic acids is 1. The van der Waals surface area contributed by atoms with Crippen LogP contribution >= 0.6 is 0 Å². The van der Waals surface area contributed by atoms with Crippen molar-refractivity contribution >= 4 is 11.9 Å². The van der Waals surface area contributed by atoms with E-state index in [4.69, 9.17) is 10.2 Å². The van der Waals surface area contributed by atoms with Gasteiger partial charge in [0.25, 0.3) is 0 Å². The van der Waals surface area contributed by atoms with Crippen LogP contribution in [0.4, 0.5) is 6.01 Å². The van der Waals surface area contributed by atoms with E-state index in [9.17, 15) is 4.79 Å². The molecular formula is C12H21N5O2. The molecule has 0 aliphatic carbocycles. The summed E-state index contributed by atoms with van der Waals surface area (Å²) in [5.41, 5.74) is 5.35. The fourth-order valence-corrected chi connectivity index (χ4v) is 2.12. The lowest BCUT2D eigenvalue weighted by atomic mass is 9.98. The molecule has 19 heavy (non-hydrogen) atoms. The van der Waals surface area contributed by atoms with Crippen LogP contribution in [-0.4, -0.2) is 35.2 Å². The number of carbonyl (C=O) groups is 1. The van der Waals surface area contributed by atoms with E-state index in [1.165, 1.54) is 0 Å². The first-order chi connectivity index (χ1) is 9.06. The SMILES string of the molecule is CC(C)NCc1nnc(N2CCCC(C(N)=O)C2)o1. The molecule has 1 aromatic rings. The Balaban J connectivity index is 1.96. The van der Waals surface area contributed by atoms with E-state index in [1.54, 1.807) is 0 Å². The highest BCUT2D eigenvalue weighted by Crippen LogP contribution is 2.21. The number of piperidine rings is 1. The Morgan fingerprint density at radius 3 is 3.05 bits per heavy atom. The van der Waals surface area contributed by atoms with Gasteiger partial charge in [-0.1, -0.05) is 18.9 Å². The van der Waals surface area contributed by atoms with Gasteiger partial charge in [-0.25, -0.2) is 0 Å². The Labute approximate surface area is 112 Å². The Kier molecular flexibility index (Phi) is 4.36. The summed E-state index contributed by atoms with van der Waals surface area (Å²) in [6.45, 7) is 6.05. The number of anilines is 1. The lowest BCUT2D eigenvalue weighted by Crippen LogP contribution is -2.41. The summed E-state index contributed by atoms with van der Waals surface area (Å²) in [5, 5.41) is 11.2. The second kappa shape index (κ2) is 6.01. The summed E-state index contributed by atoms with van der Waals surface area (Å²) < 4.78 is 5.59. The summed E-state index contributed by atoms with van der Waals surface area (Å²) in [6, 6.07) is 0.844. The lowest BCUT2D eigenvalue weighted by Gasteiger charge is -2.29. The molecule has 0 spiro atoms. The van der Waals surface area contributed by atoms with E-state index in [0.717, 1.165) is 19.4 Å². The molecule has 0 aromatic carbocycles. The number of nitrogens with one attached hydrogen (secondary N) is 1. The average molecular weight is 267 g/mol. The summed E-state index contributed by atoms with van der Waals surface area (Å²) >= 11 is 0. The van der Waals surface area contributed by atoms with Gasteiger partial charge in [-0.05, 0) is 12.8 Å². The van der Waals surface area contributed by atoms with Crippen molar-refractivity contribution in [1.82, 2.24) is 15.5 Å². The fourth-order valence-electron chi connectivity index (χ4n) is 2.12. The minimum atomic E-state index is -0.258. The molecule has 1 aromatic heterocycles. The topological polar surface area (TPSA) is 97.3 Å². The first-order valence-electron chi connectivity index (χ1n) is 6.66. The third-order valence-corrected chi connectivity index (χ3v) is 3.21. The molecule has 1 unspecified atom stereocenters. The first kappa shape index (κ1) is 13.8. The predicted molar refractivity (Wildman–Crippen MR) is 70.4 cm³/mol. The highest BCUT2D eigenvalue weighted by atomic mass is 16.4. The van der Waals surface area contributed by atoms with Crippen LogP contribution in [0, 0.1) is 5.92 Å². The van der Waals surface area contributed by atoms with Crippen LogP contribution in [0.3, 0.4) is 0 Å². The third kappa shape index (κ3) is 3.66. The molecule has 0 radical (unpaired) electrons. The van der Waals surface area contributed by atoms with Gasteiger partial charge in [0, 0.05) is 19.1 Å². The second-order valence-corrected chi connectivity index (χ2v) is 5.20.